The first-order chi connectivity index (χ1) is 8.25. The minimum atomic E-state index is 0.522. The topological polar surface area (TPSA) is 56.7 Å². The molecule has 4 heteroatoms. The zero-order valence-corrected chi connectivity index (χ0v) is 9.93. The lowest BCUT2D eigenvalue weighted by atomic mass is 9.83. The summed E-state index contributed by atoms with van der Waals surface area (Å²) in [4.78, 5) is 0. The quantitative estimate of drug-likeness (QED) is 0.858. The number of nitrogens with two attached hydrogens (primary N) is 1. The Morgan fingerprint density at radius 1 is 1.35 bits per heavy atom. The largest absolute Gasteiger partial charge is 0.382 e. The molecule has 0 spiro atoms. The number of nitrogens with zero attached hydrogens (tertiary/aromatic N) is 3. The fraction of sp³-hybridized carbons (Fsp3) is 0.385. The van der Waals surface area contributed by atoms with Gasteiger partial charge in [-0.05, 0) is 37.5 Å². The van der Waals surface area contributed by atoms with Crippen molar-refractivity contribution in [2.75, 3.05) is 5.73 Å². The van der Waals surface area contributed by atoms with Crippen molar-refractivity contribution < 1.29 is 0 Å². The monoisotopic (exact) mass is 228 g/mol. The molecule has 1 fully saturated rings. The van der Waals surface area contributed by atoms with Crippen LogP contribution in [-0.4, -0.2) is 15.0 Å². The van der Waals surface area contributed by atoms with Crippen LogP contribution in [0.5, 0.6) is 0 Å². The van der Waals surface area contributed by atoms with Crippen molar-refractivity contribution in [3.05, 3.63) is 35.5 Å². The van der Waals surface area contributed by atoms with Gasteiger partial charge in [-0.2, -0.15) is 4.68 Å². The zero-order valence-electron chi connectivity index (χ0n) is 9.93. The molecule has 0 unspecified atom stereocenters. The van der Waals surface area contributed by atoms with E-state index in [0.29, 0.717) is 11.7 Å². The maximum absolute atomic E-state index is 6.13. The number of anilines is 1. The van der Waals surface area contributed by atoms with E-state index in [1.54, 1.807) is 4.68 Å². The highest BCUT2D eigenvalue weighted by Crippen LogP contribution is 2.38. The third-order valence-electron chi connectivity index (χ3n) is 3.47. The Hall–Kier alpha value is -1.84. The summed E-state index contributed by atoms with van der Waals surface area (Å²) in [5.74, 6) is 1.22. The van der Waals surface area contributed by atoms with Crippen molar-refractivity contribution in [1.29, 1.82) is 0 Å². The molecular weight excluding hydrogens is 212 g/mol. The minimum absolute atomic E-state index is 0.522. The standard InChI is InChI=1S/C13H16N4/c1-9-4-2-7-11(8-9)17-13(14)12(15-16-17)10-5-3-6-10/h2,4,7-8,10H,3,5-6,14H2,1H3. The summed E-state index contributed by atoms with van der Waals surface area (Å²) in [7, 11) is 0. The van der Waals surface area contributed by atoms with E-state index >= 15 is 0 Å². The van der Waals surface area contributed by atoms with Crippen LogP contribution in [-0.2, 0) is 0 Å². The number of hydrogen-bond acceptors (Lipinski definition) is 3. The summed E-state index contributed by atoms with van der Waals surface area (Å²) >= 11 is 0. The summed E-state index contributed by atoms with van der Waals surface area (Å²) < 4.78 is 1.74. The van der Waals surface area contributed by atoms with Crippen LogP contribution in [0.15, 0.2) is 24.3 Å². The predicted molar refractivity (Wildman–Crippen MR) is 67.1 cm³/mol. The molecule has 1 aliphatic carbocycles. The first-order valence-corrected chi connectivity index (χ1v) is 6.04. The summed E-state index contributed by atoms with van der Waals surface area (Å²) in [6, 6.07) is 8.14. The Balaban J connectivity index is 2.00. The highest BCUT2D eigenvalue weighted by molar-refractivity contribution is 5.46. The molecule has 1 aromatic heterocycles. The van der Waals surface area contributed by atoms with Gasteiger partial charge in [0, 0.05) is 5.92 Å². The van der Waals surface area contributed by atoms with E-state index in [2.05, 4.69) is 29.4 Å². The third-order valence-corrected chi connectivity index (χ3v) is 3.47. The Bertz CT molecular complexity index is 540. The lowest BCUT2D eigenvalue weighted by Gasteiger charge is -2.23. The van der Waals surface area contributed by atoms with E-state index in [1.165, 1.54) is 24.8 Å². The van der Waals surface area contributed by atoms with Crippen LogP contribution < -0.4 is 5.73 Å². The van der Waals surface area contributed by atoms with Gasteiger partial charge < -0.3 is 5.73 Å². The molecule has 1 aromatic carbocycles. The summed E-state index contributed by atoms with van der Waals surface area (Å²) in [5, 5.41) is 8.40. The summed E-state index contributed by atoms with van der Waals surface area (Å²) in [6.07, 6.45) is 3.66. The number of aryl methyl sites for hydroxylation is 1. The van der Waals surface area contributed by atoms with Crippen LogP contribution in [0, 0.1) is 6.92 Å². The Morgan fingerprint density at radius 2 is 2.18 bits per heavy atom. The predicted octanol–water partition coefficient (Wildman–Crippen LogP) is 2.43. The minimum Gasteiger partial charge on any atom is -0.382 e. The first-order valence-electron chi connectivity index (χ1n) is 6.04. The molecule has 0 aliphatic heterocycles. The number of nitrogen functional groups attached to an aromatic ring is 1. The molecule has 2 N–H and O–H groups in total. The van der Waals surface area contributed by atoms with Gasteiger partial charge in [-0.1, -0.05) is 23.8 Å². The van der Waals surface area contributed by atoms with Crippen LogP contribution in [0.4, 0.5) is 5.82 Å². The molecule has 1 saturated carbocycles. The average molecular weight is 228 g/mol. The number of rotatable bonds is 2. The summed E-state index contributed by atoms with van der Waals surface area (Å²) in [6.45, 7) is 2.06. The highest BCUT2D eigenvalue weighted by Gasteiger charge is 2.26. The van der Waals surface area contributed by atoms with Crippen molar-refractivity contribution >= 4 is 5.82 Å². The van der Waals surface area contributed by atoms with E-state index in [9.17, 15) is 0 Å². The molecule has 88 valence electrons. The molecule has 0 bridgehead atoms. The average Bonchev–Trinajstić information content (AvgIpc) is 2.59. The van der Waals surface area contributed by atoms with E-state index in [0.717, 1.165) is 11.4 Å². The lowest BCUT2D eigenvalue weighted by Crippen LogP contribution is -2.12. The Kier molecular flexibility index (Phi) is 2.35. The fourth-order valence-electron chi connectivity index (χ4n) is 2.22. The second kappa shape index (κ2) is 3.87. The SMILES string of the molecule is Cc1cccc(-n2nnc(C3CCC3)c2N)c1. The third kappa shape index (κ3) is 1.69. The van der Waals surface area contributed by atoms with E-state index < -0.39 is 0 Å². The van der Waals surface area contributed by atoms with Crippen LogP contribution in [0.2, 0.25) is 0 Å². The van der Waals surface area contributed by atoms with Crippen molar-refractivity contribution in [1.82, 2.24) is 15.0 Å². The van der Waals surface area contributed by atoms with Gasteiger partial charge in [-0.3, -0.25) is 0 Å². The maximum atomic E-state index is 6.13. The molecule has 3 rings (SSSR count). The van der Waals surface area contributed by atoms with Gasteiger partial charge in [0.1, 0.15) is 5.69 Å². The molecule has 17 heavy (non-hydrogen) atoms. The van der Waals surface area contributed by atoms with Crippen LogP contribution >= 0.6 is 0 Å². The second-order valence-electron chi connectivity index (χ2n) is 4.74. The maximum Gasteiger partial charge on any atom is 0.151 e. The van der Waals surface area contributed by atoms with Crippen molar-refractivity contribution in [3.63, 3.8) is 0 Å². The fourth-order valence-corrected chi connectivity index (χ4v) is 2.22. The van der Waals surface area contributed by atoms with Gasteiger partial charge in [0.25, 0.3) is 0 Å². The first kappa shape index (κ1) is 10.3. The molecular formula is C13H16N4. The van der Waals surface area contributed by atoms with E-state index in [-0.39, 0.29) is 0 Å². The van der Waals surface area contributed by atoms with Gasteiger partial charge in [0.05, 0.1) is 5.69 Å². The van der Waals surface area contributed by atoms with Gasteiger partial charge in [0.15, 0.2) is 5.82 Å². The van der Waals surface area contributed by atoms with Gasteiger partial charge in [-0.15, -0.1) is 5.10 Å². The molecule has 0 saturated heterocycles. The van der Waals surface area contributed by atoms with Crippen molar-refractivity contribution in [3.8, 4) is 5.69 Å². The highest BCUT2D eigenvalue weighted by atomic mass is 15.5. The Labute approximate surface area is 100 Å². The normalized spacial score (nSPS) is 15.8. The van der Waals surface area contributed by atoms with Crippen LogP contribution in [0.25, 0.3) is 5.69 Å². The number of aromatic nitrogens is 3. The van der Waals surface area contributed by atoms with Crippen molar-refractivity contribution in [2.24, 2.45) is 0 Å². The van der Waals surface area contributed by atoms with E-state index in [4.69, 9.17) is 5.73 Å². The Morgan fingerprint density at radius 3 is 2.82 bits per heavy atom. The smallest absolute Gasteiger partial charge is 0.151 e. The van der Waals surface area contributed by atoms with Crippen LogP contribution in [0.3, 0.4) is 0 Å². The molecule has 2 aromatic rings. The molecule has 0 atom stereocenters. The second-order valence-corrected chi connectivity index (χ2v) is 4.74. The van der Waals surface area contributed by atoms with Gasteiger partial charge in [-0.25, -0.2) is 0 Å². The van der Waals surface area contributed by atoms with E-state index in [1.807, 2.05) is 12.1 Å². The van der Waals surface area contributed by atoms with Crippen molar-refractivity contribution in [2.45, 2.75) is 32.1 Å². The number of benzene rings is 1. The lowest BCUT2D eigenvalue weighted by molar-refractivity contribution is 0.411. The molecule has 1 heterocycles. The van der Waals surface area contributed by atoms with Crippen LogP contribution in [0.1, 0.15) is 36.4 Å². The molecule has 0 radical (unpaired) electrons. The summed E-state index contributed by atoms with van der Waals surface area (Å²) in [5.41, 5.74) is 9.29. The van der Waals surface area contributed by atoms with Gasteiger partial charge in [0.2, 0.25) is 0 Å². The number of hydrogen-bond donors (Lipinski definition) is 1. The van der Waals surface area contributed by atoms with Gasteiger partial charge >= 0.3 is 0 Å². The molecule has 4 nitrogen and oxygen atoms in total. The zero-order chi connectivity index (χ0) is 11.8. The molecule has 0 amide bonds. The molecule has 1 aliphatic rings.